The minimum absolute atomic E-state index is 0.581. The summed E-state index contributed by atoms with van der Waals surface area (Å²) in [4.78, 5) is 7.25. The lowest BCUT2D eigenvalue weighted by molar-refractivity contribution is 0.150. The first-order valence-electron chi connectivity index (χ1n) is 10.0. The fraction of sp³-hybridized carbons (Fsp3) is 0.591. The second-order valence-corrected chi connectivity index (χ2v) is 7.44. The first kappa shape index (κ1) is 20.7. The van der Waals surface area contributed by atoms with Gasteiger partial charge in [0.2, 0.25) is 5.89 Å². The fourth-order valence-corrected chi connectivity index (χ4v) is 3.83. The Hall–Kier alpha value is -2.05. The molecule has 2 aromatic rings. The number of aromatic nitrogens is 1. The molecule has 0 aliphatic carbocycles. The zero-order chi connectivity index (χ0) is 19.9. The standard InChI is InChI=1S/C22H32N2O4/c1-16-20(15-24-11-9-17(10-12-24)6-5-13-25-2)23-22(28-16)19-14-18(26-3)7-8-21(19)27-4/h7-8,14,17H,5-6,9-13,15H2,1-4H3. The van der Waals surface area contributed by atoms with Crippen molar-refractivity contribution in [1.82, 2.24) is 9.88 Å². The summed E-state index contributed by atoms with van der Waals surface area (Å²) < 4.78 is 22.0. The van der Waals surface area contributed by atoms with E-state index in [9.17, 15) is 0 Å². The van der Waals surface area contributed by atoms with Gasteiger partial charge < -0.3 is 18.6 Å². The molecule has 0 N–H and O–H groups in total. The van der Waals surface area contributed by atoms with Crippen LogP contribution in [0.5, 0.6) is 11.5 Å². The van der Waals surface area contributed by atoms with Crippen molar-refractivity contribution < 1.29 is 18.6 Å². The van der Waals surface area contributed by atoms with Crippen molar-refractivity contribution in [2.45, 2.75) is 39.2 Å². The van der Waals surface area contributed by atoms with Crippen LogP contribution in [0.1, 0.15) is 37.1 Å². The van der Waals surface area contributed by atoms with Gasteiger partial charge in [0.25, 0.3) is 0 Å². The number of hydrogen-bond donors (Lipinski definition) is 0. The molecule has 1 saturated heterocycles. The SMILES string of the molecule is COCCCC1CCN(Cc2nc(-c3cc(OC)ccc3OC)oc2C)CC1. The Morgan fingerprint density at radius 1 is 1.14 bits per heavy atom. The summed E-state index contributed by atoms with van der Waals surface area (Å²) in [5, 5.41) is 0. The molecule has 6 heteroatoms. The first-order valence-corrected chi connectivity index (χ1v) is 10.0. The number of rotatable bonds is 9. The van der Waals surface area contributed by atoms with E-state index in [4.69, 9.17) is 23.6 Å². The Morgan fingerprint density at radius 3 is 2.61 bits per heavy atom. The van der Waals surface area contributed by atoms with E-state index < -0.39 is 0 Å². The lowest BCUT2D eigenvalue weighted by atomic mass is 9.92. The highest BCUT2D eigenvalue weighted by atomic mass is 16.5. The van der Waals surface area contributed by atoms with Gasteiger partial charge >= 0.3 is 0 Å². The Kier molecular flexibility index (Phi) is 7.34. The summed E-state index contributed by atoms with van der Waals surface area (Å²) >= 11 is 0. The third-order valence-electron chi connectivity index (χ3n) is 5.57. The first-order chi connectivity index (χ1) is 13.6. The van der Waals surface area contributed by atoms with E-state index in [1.807, 2.05) is 25.1 Å². The fourth-order valence-electron chi connectivity index (χ4n) is 3.83. The molecule has 0 unspecified atom stereocenters. The summed E-state index contributed by atoms with van der Waals surface area (Å²) in [5.41, 5.74) is 1.81. The molecular weight excluding hydrogens is 356 g/mol. The van der Waals surface area contributed by atoms with E-state index in [1.165, 1.54) is 19.3 Å². The van der Waals surface area contributed by atoms with E-state index >= 15 is 0 Å². The van der Waals surface area contributed by atoms with E-state index in [2.05, 4.69) is 4.90 Å². The van der Waals surface area contributed by atoms with E-state index in [-0.39, 0.29) is 0 Å². The predicted molar refractivity (Wildman–Crippen MR) is 109 cm³/mol. The molecule has 0 bridgehead atoms. The maximum absolute atomic E-state index is 5.98. The van der Waals surface area contributed by atoms with Gasteiger partial charge in [-0.25, -0.2) is 4.98 Å². The van der Waals surface area contributed by atoms with Gasteiger partial charge in [0.1, 0.15) is 17.3 Å². The molecule has 2 heterocycles. The highest BCUT2D eigenvalue weighted by Crippen LogP contribution is 2.34. The number of benzene rings is 1. The molecule has 0 saturated carbocycles. The maximum Gasteiger partial charge on any atom is 0.230 e. The van der Waals surface area contributed by atoms with Crippen molar-refractivity contribution >= 4 is 0 Å². The van der Waals surface area contributed by atoms with Crippen molar-refractivity contribution in [2.75, 3.05) is 41.0 Å². The lowest BCUT2D eigenvalue weighted by Crippen LogP contribution is -2.33. The van der Waals surface area contributed by atoms with Gasteiger partial charge in [-0.3, -0.25) is 4.90 Å². The molecule has 1 fully saturated rings. The van der Waals surface area contributed by atoms with Crippen LogP contribution in [-0.4, -0.2) is 50.9 Å². The van der Waals surface area contributed by atoms with Crippen LogP contribution in [0, 0.1) is 12.8 Å². The monoisotopic (exact) mass is 388 g/mol. The number of oxazole rings is 1. The molecule has 0 spiro atoms. The third-order valence-corrected chi connectivity index (χ3v) is 5.57. The topological polar surface area (TPSA) is 57.0 Å². The second kappa shape index (κ2) is 9.94. The van der Waals surface area contributed by atoms with Gasteiger partial charge in [-0.2, -0.15) is 0 Å². The molecule has 154 valence electrons. The van der Waals surface area contributed by atoms with Gasteiger partial charge in [-0.05, 0) is 69.8 Å². The molecule has 1 aliphatic heterocycles. The average Bonchev–Trinajstić information content (AvgIpc) is 3.09. The van der Waals surface area contributed by atoms with E-state index in [0.29, 0.717) is 5.89 Å². The zero-order valence-corrected chi connectivity index (χ0v) is 17.5. The number of hydrogen-bond acceptors (Lipinski definition) is 6. The summed E-state index contributed by atoms with van der Waals surface area (Å²) in [7, 11) is 5.08. The average molecular weight is 389 g/mol. The Morgan fingerprint density at radius 2 is 1.93 bits per heavy atom. The Balaban J connectivity index is 1.64. The lowest BCUT2D eigenvalue weighted by Gasteiger charge is -2.31. The molecule has 0 amide bonds. The van der Waals surface area contributed by atoms with Crippen molar-refractivity contribution in [2.24, 2.45) is 5.92 Å². The van der Waals surface area contributed by atoms with E-state index in [0.717, 1.165) is 67.1 Å². The van der Waals surface area contributed by atoms with Gasteiger partial charge in [-0.1, -0.05) is 0 Å². The minimum Gasteiger partial charge on any atom is -0.497 e. The van der Waals surface area contributed by atoms with Crippen LogP contribution in [0.3, 0.4) is 0 Å². The third kappa shape index (κ3) is 5.06. The Labute approximate surface area is 167 Å². The number of likely N-dealkylation sites (tertiary alicyclic amines) is 1. The maximum atomic E-state index is 5.98. The molecule has 1 aliphatic rings. The smallest absolute Gasteiger partial charge is 0.230 e. The highest BCUT2D eigenvalue weighted by Gasteiger charge is 2.22. The number of ether oxygens (including phenoxy) is 3. The second-order valence-electron chi connectivity index (χ2n) is 7.44. The van der Waals surface area contributed by atoms with Gasteiger partial charge in [0.05, 0.1) is 25.5 Å². The van der Waals surface area contributed by atoms with Crippen molar-refractivity contribution in [3.8, 4) is 23.0 Å². The van der Waals surface area contributed by atoms with Gasteiger partial charge in [0, 0.05) is 20.3 Å². The number of nitrogens with zero attached hydrogens (tertiary/aromatic N) is 2. The summed E-state index contributed by atoms with van der Waals surface area (Å²) in [6, 6.07) is 5.65. The molecular formula is C22H32N2O4. The summed E-state index contributed by atoms with van der Waals surface area (Å²) in [6.45, 7) is 5.90. The molecule has 0 radical (unpaired) electrons. The van der Waals surface area contributed by atoms with Crippen LogP contribution in [0.4, 0.5) is 0 Å². The quantitative estimate of drug-likeness (QED) is 0.597. The van der Waals surface area contributed by atoms with Crippen LogP contribution >= 0.6 is 0 Å². The molecule has 1 aromatic carbocycles. The normalized spacial score (nSPS) is 15.7. The molecule has 28 heavy (non-hydrogen) atoms. The van der Waals surface area contributed by atoms with E-state index in [1.54, 1.807) is 21.3 Å². The summed E-state index contributed by atoms with van der Waals surface area (Å²) in [6.07, 6.45) is 4.92. The molecule has 6 nitrogen and oxygen atoms in total. The highest BCUT2D eigenvalue weighted by molar-refractivity contribution is 5.65. The summed E-state index contributed by atoms with van der Waals surface area (Å²) in [5.74, 6) is 3.75. The molecule has 0 atom stereocenters. The number of methoxy groups -OCH3 is 3. The number of piperidine rings is 1. The largest absolute Gasteiger partial charge is 0.497 e. The van der Waals surface area contributed by atoms with Crippen molar-refractivity contribution in [1.29, 1.82) is 0 Å². The van der Waals surface area contributed by atoms with Crippen molar-refractivity contribution in [3.05, 3.63) is 29.7 Å². The van der Waals surface area contributed by atoms with Crippen LogP contribution in [0.15, 0.2) is 22.6 Å². The van der Waals surface area contributed by atoms with Gasteiger partial charge in [0.15, 0.2) is 0 Å². The minimum atomic E-state index is 0.581. The number of aryl methyl sites for hydroxylation is 1. The van der Waals surface area contributed by atoms with Crippen LogP contribution in [0.2, 0.25) is 0 Å². The Bertz CT molecular complexity index is 751. The molecule has 1 aromatic heterocycles. The van der Waals surface area contributed by atoms with Crippen LogP contribution in [0.25, 0.3) is 11.5 Å². The van der Waals surface area contributed by atoms with Gasteiger partial charge in [-0.15, -0.1) is 0 Å². The predicted octanol–water partition coefficient (Wildman–Crippen LogP) is 4.31. The van der Waals surface area contributed by atoms with Crippen LogP contribution in [-0.2, 0) is 11.3 Å². The van der Waals surface area contributed by atoms with Crippen LogP contribution < -0.4 is 9.47 Å². The zero-order valence-electron chi connectivity index (χ0n) is 17.5. The van der Waals surface area contributed by atoms with Crippen molar-refractivity contribution in [3.63, 3.8) is 0 Å². The molecule has 3 rings (SSSR count).